The van der Waals surface area contributed by atoms with Gasteiger partial charge in [0.15, 0.2) is 0 Å². The van der Waals surface area contributed by atoms with Crippen LogP contribution in [0.4, 0.5) is 17.6 Å². The van der Waals surface area contributed by atoms with Crippen LogP contribution in [0.1, 0.15) is 0 Å². The Morgan fingerprint density at radius 3 is 1.67 bits per heavy atom. The van der Waals surface area contributed by atoms with Crippen LogP contribution in [0.5, 0.6) is 0 Å². The molecule has 0 saturated carbocycles. The van der Waals surface area contributed by atoms with E-state index >= 15 is 0 Å². The van der Waals surface area contributed by atoms with Gasteiger partial charge in [0, 0.05) is 0 Å². The Morgan fingerprint density at radius 2 is 1.58 bits per heavy atom. The van der Waals surface area contributed by atoms with Gasteiger partial charge in [0.25, 0.3) is 0 Å². The molecule has 9 heteroatoms. The first-order valence-corrected chi connectivity index (χ1v) is 3.78. The zero-order valence-corrected chi connectivity index (χ0v) is 5.87. The van der Waals surface area contributed by atoms with Crippen molar-refractivity contribution in [2.24, 2.45) is 0 Å². The van der Waals surface area contributed by atoms with E-state index < -0.39 is 27.3 Å². The number of hydrogen-bond donors (Lipinski definition) is 0. The molecule has 1 heterocycles. The van der Waals surface area contributed by atoms with Gasteiger partial charge in [0.2, 0.25) is 0 Å². The quantitative estimate of drug-likeness (QED) is 0.418. The maximum atomic E-state index is 12.1. The summed E-state index contributed by atoms with van der Waals surface area (Å²) >= 11 is 0. The van der Waals surface area contributed by atoms with E-state index in [4.69, 9.17) is 0 Å². The Labute approximate surface area is 63.2 Å². The van der Waals surface area contributed by atoms with E-state index in [0.29, 0.717) is 0 Å². The van der Waals surface area contributed by atoms with Crippen LogP contribution in [-0.2, 0) is 19.1 Å². The summed E-state index contributed by atoms with van der Waals surface area (Å²) in [6.45, 7) is 0. The smallest absolute Gasteiger partial charge is 0.336 e. The molecule has 0 aliphatic carbocycles. The summed E-state index contributed by atoms with van der Waals surface area (Å²) in [5.74, 6) is -8.06. The Bertz CT molecular complexity index is 330. The molecule has 0 bridgehead atoms. The largest absolute Gasteiger partial charge is 0.454 e. The summed E-state index contributed by atoms with van der Waals surface area (Å²) in [6, 6.07) is 0. The van der Waals surface area contributed by atoms with E-state index in [2.05, 4.69) is 4.18 Å². The van der Waals surface area contributed by atoms with E-state index in [1.165, 1.54) is 0 Å². The number of rotatable bonds is 0. The van der Waals surface area contributed by atoms with Crippen molar-refractivity contribution in [3.8, 4) is 0 Å². The Kier molecular flexibility index (Phi) is 1.46. The minimum atomic E-state index is -5.81. The Morgan fingerprint density at radius 1 is 1.17 bits per heavy atom. The molecular weight excluding hydrogens is 208 g/mol. The maximum absolute atomic E-state index is 12.1. The molecule has 12 heavy (non-hydrogen) atoms. The third-order valence-corrected chi connectivity index (χ3v) is 2.38. The van der Waals surface area contributed by atoms with Gasteiger partial charge in [0.1, 0.15) is 0 Å². The molecule has 0 aromatic carbocycles. The average Bonchev–Trinajstić information content (AvgIpc) is 1.92. The van der Waals surface area contributed by atoms with E-state index in [1.54, 1.807) is 0 Å². The minimum Gasteiger partial charge on any atom is -0.336 e. The summed E-state index contributed by atoms with van der Waals surface area (Å²) in [5, 5.41) is -5.48. The second kappa shape index (κ2) is 1.90. The lowest BCUT2D eigenvalue weighted by Gasteiger charge is -2.09. The van der Waals surface area contributed by atoms with Crippen LogP contribution in [0.2, 0.25) is 0 Å². The Balaban J connectivity index is 3.39. The van der Waals surface area contributed by atoms with E-state index in [0.717, 1.165) is 0 Å². The number of alkyl halides is 4. The highest BCUT2D eigenvalue weighted by molar-refractivity contribution is 7.88. The van der Waals surface area contributed by atoms with Gasteiger partial charge in [0.05, 0.1) is 0 Å². The third-order valence-electron chi connectivity index (χ3n) is 1.12. The van der Waals surface area contributed by atoms with E-state index in [1.807, 2.05) is 0 Å². The van der Waals surface area contributed by atoms with Gasteiger partial charge in [-0.25, -0.2) is 4.79 Å². The summed E-state index contributed by atoms with van der Waals surface area (Å²) < 4.78 is 71.0. The minimum absolute atomic E-state index is 2.76. The van der Waals surface area contributed by atoms with Crippen LogP contribution >= 0.6 is 0 Å². The van der Waals surface area contributed by atoms with Gasteiger partial charge in [-0.15, -0.1) is 0 Å². The summed E-state index contributed by atoms with van der Waals surface area (Å²) in [4.78, 5) is 9.90. The van der Waals surface area contributed by atoms with Gasteiger partial charge in [-0.3, -0.25) is 0 Å². The lowest BCUT2D eigenvalue weighted by atomic mass is 10.3. The molecular formula is C3F4O4S. The number of carbonyl (C=O) groups is 1. The van der Waals surface area contributed by atoms with Crippen LogP contribution in [0.25, 0.3) is 0 Å². The first-order chi connectivity index (χ1) is 5.13. The molecule has 0 unspecified atom stereocenters. The van der Waals surface area contributed by atoms with E-state index in [-0.39, 0.29) is 0 Å². The molecule has 0 spiro atoms. The van der Waals surface area contributed by atoms with Gasteiger partial charge in [-0.2, -0.15) is 26.0 Å². The molecule has 1 fully saturated rings. The van der Waals surface area contributed by atoms with Gasteiger partial charge in [-0.05, 0) is 0 Å². The van der Waals surface area contributed by atoms with E-state index in [9.17, 15) is 30.8 Å². The molecule has 1 aliphatic rings. The highest BCUT2D eigenvalue weighted by Crippen LogP contribution is 2.46. The zero-order valence-electron chi connectivity index (χ0n) is 5.05. The van der Waals surface area contributed by atoms with Crippen molar-refractivity contribution in [3.63, 3.8) is 0 Å². The Hall–Kier alpha value is -0.860. The van der Waals surface area contributed by atoms with Crippen LogP contribution in [0, 0.1) is 0 Å². The standard InChI is InChI=1S/C3F4O4S/c4-2(5)1(8)11-12(9,10)3(2,6)7. The molecule has 4 nitrogen and oxygen atoms in total. The summed E-state index contributed by atoms with van der Waals surface area (Å²) in [7, 11) is -5.81. The van der Waals surface area contributed by atoms with Crippen molar-refractivity contribution < 1.29 is 35.0 Å². The lowest BCUT2D eigenvalue weighted by molar-refractivity contribution is -0.180. The molecule has 0 radical (unpaired) electrons. The van der Waals surface area contributed by atoms with Gasteiger partial charge < -0.3 is 4.18 Å². The number of hydrogen-bond acceptors (Lipinski definition) is 4. The third kappa shape index (κ3) is 0.765. The van der Waals surface area contributed by atoms with Crippen LogP contribution in [0.15, 0.2) is 0 Å². The molecule has 0 aromatic heterocycles. The molecule has 1 saturated heterocycles. The monoisotopic (exact) mass is 208 g/mol. The van der Waals surface area contributed by atoms with Crippen LogP contribution in [-0.4, -0.2) is 25.6 Å². The molecule has 0 atom stereocenters. The van der Waals surface area contributed by atoms with Crippen molar-refractivity contribution in [1.29, 1.82) is 0 Å². The van der Waals surface area contributed by atoms with Gasteiger partial charge >= 0.3 is 27.3 Å². The van der Waals surface area contributed by atoms with Crippen molar-refractivity contribution >= 4 is 16.1 Å². The predicted octanol–water partition coefficient (Wildman–Crippen LogP) is 0.101. The van der Waals surface area contributed by atoms with Crippen molar-refractivity contribution in [2.75, 3.05) is 0 Å². The fourth-order valence-electron chi connectivity index (χ4n) is 0.480. The summed E-state index contributed by atoms with van der Waals surface area (Å²) in [6.07, 6.45) is 0. The fourth-order valence-corrected chi connectivity index (χ4v) is 1.29. The van der Waals surface area contributed by atoms with Crippen molar-refractivity contribution in [2.45, 2.75) is 11.2 Å². The number of carbonyl (C=O) groups excluding carboxylic acids is 1. The topological polar surface area (TPSA) is 60.4 Å². The average molecular weight is 208 g/mol. The maximum Gasteiger partial charge on any atom is 0.454 e. The molecule has 0 amide bonds. The second-order valence-electron chi connectivity index (χ2n) is 1.92. The summed E-state index contributed by atoms with van der Waals surface area (Å²) in [5.41, 5.74) is 0. The normalized spacial score (nSPS) is 29.8. The molecule has 70 valence electrons. The SMILES string of the molecule is O=C1OS(=O)(=O)C(F)(F)C1(F)F. The molecule has 0 N–H and O–H groups in total. The number of halogens is 4. The van der Waals surface area contributed by atoms with Crippen molar-refractivity contribution in [3.05, 3.63) is 0 Å². The fraction of sp³-hybridized carbons (Fsp3) is 0.667. The van der Waals surface area contributed by atoms with Gasteiger partial charge in [-0.1, -0.05) is 0 Å². The van der Waals surface area contributed by atoms with Crippen LogP contribution in [0.3, 0.4) is 0 Å². The highest BCUT2D eigenvalue weighted by Gasteiger charge is 2.79. The van der Waals surface area contributed by atoms with Crippen LogP contribution < -0.4 is 0 Å². The zero-order chi connectivity index (χ0) is 9.78. The first kappa shape index (κ1) is 9.23. The lowest BCUT2D eigenvalue weighted by Crippen LogP contribution is -2.42. The van der Waals surface area contributed by atoms with Crippen molar-refractivity contribution in [1.82, 2.24) is 0 Å². The predicted molar refractivity (Wildman–Crippen MR) is 24.9 cm³/mol. The second-order valence-corrected chi connectivity index (χ2v) is 3.50. The molecule has 1 aliphatic heterocycles. The molecule has 0 aromatic rings. The molecule has 1 rings (SSSR count). The first-order valence-electron chi connectivity index (χ1n) is 2.37. The highest BCUT2D eigenvalue weighted by atomic mass is 32.2.